The van der Waals surface area contributed by atoms with Crippen molar-refractivity contribution in [2.45, 2.75) is 32.6 Å². The van der Waals surface area contributed by atoms with Crippen molar-refractivity contribution in [2.75, 3.05) is 33.9 Å². The minimum absolute atomic E-state index is 0.164. The second kappa shape index (κ2) is 23.5. The number of aliphatic hydroxyl groups is 2. The van der Waals surface area contributed by atoms with Crippen LogP contribution < -0.4 is 0 Å². The second-order valence-corrected chi connectivity index (χ2v) is 4.72. The van der Waals surface area contributed by atoms with Gasteiger partial charge in [-0.3, -0.25) is 0 Å². The van der Waals surface area contributed by atoms with E-state index in [-0.39, 0.29) is 19.3 Å². The molecule has 5 nitrogen and oxygen atoms in total. The lowest BCUT2D eigenvalue weighted by Crippen LogP contribution is -2.22. The largest absolute Gasteiger partial charge is 0.450 e. The molecule has 0 aromatic rings. The Balaban J connectivity index is 0. The van der Waals surface area contributed by atoms with Crippen molar-refractivity contribution in [1.82, 2.24) is 4.90 Å². The zero-order valence-electron chi connectivity index (χ0n) is 16.6. The van der Waals surface area contributed by atoms with Crippen LogP contribution in [0.15, 0.2) is 0 Å². The molecule has 0 spiro atoms. The third-order valence-electron chi connectivity index (χ3n) is 2.26. The Morgan fingerprint density at radius 3 is 1.25 bits per heavy atom. The molecule has 0 atom stereocenters. The summed E-state index contributed by atoms with van der Waals surface area (Å²) in [4.78, 5) is 11.8. The summed E-state index contributed by atoms with van der Waals surface area (Å²) < 4.78 is 4.59. The average Bonchev–Trinajstić information content (AvgIpc) is 2.68. The predicted octanol–water partition coefficient (Wildman–Crippen LogP) is 1.26. The Bertz CT molecular complexity index is 744. The van der Waals surface area contributed by atoms with Gasteiger partial charge in [0, 0.05) is 39.8 Å². The summed E-state index contributed by atoms with van der Waals surface area (Å²) >= 11 is 0. The quantitative estimate of drug-likeness (QED) is 0.572. The molecule has 0 aliphatic heterocycles. The number of hydrogen-bond donors (Lipinski definition) is 2. The summed E-state index contributed by atoms with van der Waals surface area (Å²) in [5.41, 5.74) is 0. The fourth-order valence-electron chi connectivity index (χ4n) is 1.10. The predicted molar refractivity (Wildman–Crippen MR) is 110 cm³/mol. The van der Waals surface area contributed by atoms with E-state index in [1.165, 1.54) is 4.90 Å². The van der Waals surface area contributed by atoms with Gasteiger partial charge < -0.3 is 19.8 Å². The highest BCUT2D eigenvalue weighted by atomic mass is 16.5. The number of aliphatic hydroxyl groups excluding tert-OH is 2. The fourth-order valence-corrected chi connectivity index (χ4v) is 1.10. The molecular weight excluding hydrogens is 354 g/mol. The number of unbranched alkanes of at least 4 members (excludes halogenated alkanes) is 2. The lowest BCUT2D eigenvalue weighted by molar-refractivity contribution is 0.124. The van der Waals surface area contributed by atoms with Gasteiger partial charge in [-0.2, -0.15) is 0 Å². The van der Waals surface area contributed by atoms with Crippen LogP contribution in [0.2, 0.25) is 0 Å². The molecule has 2 N–H and O–H groups in total. The highest BCUT2D eigenvalue weighted by Gasteiger charge is 1.99. The molecule has 0 saturated carbocycles. The Morgan fingerprint density at radius 1 is 0.714 bits per heavy atom. The molecule has 0 unspecified atom stereocenters. The average molecular weight is 379 g/mol. The Hall–Kier alpha value is -3.45. The van der Waals surface area contributed by atoms with E-state index < -0.39 is 0 Å². The van der Waals surface area contributed by atoms with E-state index in [0.717, 1.165) is 0 Å². The smallest absolute Gasteiger partial charge is 0.409 e. The molecule has 5 heteroatoms. The van der Waals surface area contributed by atoms with Crippen LogP contribution in [-0.4, -0.2) is 55.1 Å². The zero-order chi connectivity index (χ0) is 21.3. The standard InChI is InChI=1S/C18H14O2.C5H11NO2/c19-17-15-13-11-9-7-5-3-1-2-4-6-8-10-12-14-16-18-20;1-4-8-5(7)6(2)3/h19-20H,5-8,17-18H2;4H2,1-3H3. The normalized spacial score (nSPS) is 6.89. The molecule has 0 fully saturated rings. The van der Waals surface area contributed by atoms with Crippen molar-refractivity contribution in [3.8, 4) is 71.0 Å². The molecule has 0 radical (unpaired) electrons. The first-order valence-corrected chi connectivity index (χ1v) is 8.53. The molecule has 0 aliphatic carbocycles. The van der Waals surface area contributed by atoms with Gasteiger partial charge in [-0.1, -0.05) is 35.5 Å². The van der Waals surface area contributed by atoms with Gasteiger partial charge >= 0.3 is 6.09 Å². The van der Waals surface area contributed by atoms with Crippen molar-refractivity contribution < 1.29 is 19.7 Å². The van der Waals surface area contributed by atoms with E-state index in [0.29, 0.717) is 32.3 Å². The van der Waals surface area contributed by atoms with E-state index in [9.17, 15) is 4.79 Å². The monoisotopic (exact) mass is 379 g/mol. The van der Waals surface area contributed by atoms with Crippen molar-refractivity contribution in [3.63, 3.8) is 0 Å². The van der Waals surface area contributed by atoms with Gasteiger partial charge in [0.25, 0.3) is 0 Å². The molecule has 28 heavy (non-hydrogen) atoms. The summed E-state index contributed by atoms with van der Waals surface area (Å²) in [6, 6.07) is 0. The Labute approximate surface area is 168 Å². The van der Waals surface area contributed by atoms with E-state index in [1.807, 2.05) is 0 Å². The first-order valence-electron chi connectivity index (χ1n) is 8.53. The van der Waals surface area contributed by atoms with Gasteiger partial charge in [0.2, 0.25) is 0 Å². The van der Waals surface area contributed by atoms with Crippen LogP contribution in [0.25, 0.3) is 0 Å². The molecular formula is C23H25NO4. The summed E-state index contributed by atoms with van der Waals surface area (Å²) in [5.74, 6) is 32.0. The third kappa shape index (κ3) is 24.8. The van der Waals surface area contributed by atoms with E-state index in [2.05, 4.69) is 75.8 Å². The van der Waals surface area contributed by atoms with Crippen LogP contribution in [0.1, 0.15) is 32.6 Å². The molecule has 0 aromatic heterocycles. The highest BCUT2D eigenvalue weighted by molar-refractivity contribution is 5.66. The number of amides is 1. The maximum atomic E-state index is 10.4. The zero-order valence-corrected chi connectivity index (χ0v) is 16.6. The molecule has 0 rings (SSSR count). The van der Waals surface area contributed by atoms with Crippen molar-refractivity contribution in [2.24, 2.45) is 0 Å². The lowest BCUT2D eigenvalue weighted by atomic mass is 10.3. The van der Waals surface area contributed by atoms with Crippen LogP contribution >= 0.6 is 0 Å². The van der Waals surface area contributed by atoms with Crippen molar-refractivity contribution in [3.05, 3.63) is 0 Å². The molecule has 0 bridgehead atoms. The van der Waals surface area contributed by atoms with Crippen molar-refractivity contribution >= 4 is 6.09 Å². The number of hydrogen-bond acceptors (Lipinski definition) is 4. The molecule has 146 valence electrons. The van der Waals surface area contributed by atoms with Gasteiger partial charge in [0.05, 0.1) is 6.61 Å². The minimum Gasteiger partial charge on any atom is -0.450 e. The number of carbonyl (C=O) groups is 1. The fraction of sp³-hybridized carbons (Fsp3) is 0.435. The first kappa shape index (κ1) is 26.8. The molecule has 0 heterocycles. The number of rotatable bonds is 3. The molecule has 0 saturated heterocycles. The molecule has 0 aliphatic rings. The van der Waals surface area contributed by atoms with E-state index in [4.69, 9.17) is 10.2 Å². The Kier molecular flexibility index (Phi) is 22.5. The summed E-state index contributed by atoms with van der Waals surface area (Å²) in [6.45, 7) is 1.89. The van der Waals surface area contributed by atoms with Gasteiger partial charge in [-0.15, -0.1) is 0 Å². The van der Waals surface area contributed by atoms with E-state index in [1.54, 1.807) is 21.0 Å². The summed E-state index contributed by atoms with van der Waals surface area (Å²) in [6.07, 6.45) is 2.30. The van der Waals surface area contributed by atoms with Crippen LogP contribution in [0.4, 0.5) is 4.79 Å². The SMILES string of the molecule is CCOC(=O)N(C)C.OCC#CC#CCCC#CC#CCCC#CC#CCO. The van der Waals surface area contributed by atoms with Crippen LogP contribution in [0, 0.1) is 71.0 Å². The number of carbonyl (C=O) groups excluding carboxylic acids is 1. The van der Waals surface area contributed by atoms with Crippen LogP contribution in [-0.2, 0) is 4.74 Å². The summed E-state index contributed by atoms with van der Waals surface area (Å²) in [7, 11) is 3.30. The maximum absolute atomic E-state index is 10.4. The van der Waals surface area contributed by atoms with Crippen molar-refractivity contribution in [1.29, 1.82) is 0 Å². The van der Waals surface area contributed by atoms with Crippen LogP contribution in [0.5, 0.6) is 0 Å². The second-order valence-electron chi connectivity index (χ2n) is 4.72. The first-order chi connectivity index (χ1) is 13.6. The number of ether oxygens (including phenoxy) is 1. The molecule has 1 amide bonds. The maximum Gasteiger partial charge on any atom is 0.409 e. The minimum atomic E-state index is -0.285. The van der Waals surface area contributed by atoms with Gasteiger partial charge in [-0.25, -0.2) is 4.79 Å². The van der Waals surface area contributed by atoms with Gasteiger partial charge in [-0.05, 0) is 42.4 Å². The third-order valence-corrected chi connectivity index (χ3v) is 2.26. The van der Waals surface area contributed by atoms with E-state index >= 15 is 0 Å². The van der Waals surface area contributed by atoms with Gasteiger partial charge in [0.1, 0.15) is 13.2 Å². The van der Waals surface area contributed by atoms with Gasteiger partial charge in [0.15, 0.2) is 0 Å². The molecule has 0 aromatic carbocycles. The van der Waals surface area contributed by atoms with Crippen LogP contribution in [0.3, 0.4) is 0 Å². The highest BCUT2D eigenvalue weighted by Crippen LogP contribution is 1.84. The summed E-state index contributed by atoms with van der Waals surface area (Å²) in [5, 5.41) is 16.8. The Morgan fingerprint density at radius 2 is 1.04 bits per heavy atom. The lowest BCUT2D eigenvalue weighted by Gasteiger charge is -2.07. The number of nitrogens with zero attached hydrogens (tertiary/aromatic N) is 1. The topological polar surface area (TPSA) is 70.0 Å².